The van der Waals surface area contributed by atoms with E-state index < -0.39 is 5.92 Å². The van der Waals surface area contributed by atoms with Crippen LogP contribution in [0.3, 0.4) is 0 Å². The Hall–Kier alpha value is -4.84. The van der Waals surface area contributed by atoms with Gasteiger partial charge in [-0.3, -0.25) is 19.4 Å². The minimum Gasteiger partial charge on any atom is -0.339 e. The van der Waals surface area contributed by atoms with Gasteiger partial charge in [-0.15, -0.1) is 0 Å². The standard InChI is InChI=1S/C38H35N3O3/c1-24(2)37(43)40-18-20-41(21-19-40)38(44)29-8-5-7-27(22-29)35-33(26-14-16-39-17-15-26)23-28-11-12-31-30-9-4-3-6-25(30)10-13-32(31)34(28)36(35)42/h3-17,22,24,33,35H,18-21,23H2,1-2H3. The van der Waals surface area contributed by atoms with Crippen molar-refractivity contribution < 1.29 is 14.4 Å². The summed E-state index contributed by atoms with van der Waals surface area (Å²) >= 11 is 0. The number of carbonyl (C=O) groups is 3. The normalized spacial score (nSPS) is 18.6. The molecule has 0 saturated carbocycles. The van der Waals surface area contributed by atoms with Crippen molar-refractivity contribution in [3.05, 3.63) is 125 Å². The summed E-state index contributed by atoms with van der Waals surface area (Å²) in [7, 11) is 0. The Balaban J connectivity index is 1.27. The highest BCUT2D eigenvalue weighted by atomic mass is 16.2. The maximum atomic E-state index is 14.7. The first kappa shape index (κ1) is 28.0. The Morgan fingerprint density at radius 1 is 0.750 bits per heavy atom. The monoisotopic (exact) mass is 581 g/mol. The highest BCUT2D eigenvalue weighted by molar-refractivity contribution is 6.18. The highest BCUT2D eigenvalue weighted by Crippen LogP contribution is 2.45. The van der Waals surface area contributed by atoms with Gasteiger partial charge >= 0.3 is 0 Å². The molecule has 44 heavy (non-hydrogen) atoms. The third kappa shape index (κ3) is 4.84. The van der Waals surface area contributed by atoms with E-state index in [0.29, 0.717) is 38.2 Å². The molecule has 1 aromatic heterocycles. The summed E-state index contributed by atoms with van der Waals surface area (Å²) in [6.07, 6.45) is 4.27. The molecule has 6 heteroatoms. The third-order valence-corrected chi connectivity index (χ3v) is 9.38. The molecule has 4 aromatic carbocycles. The van der Waals surface area contributed by atoms with Crippen LogP contribution in [-0.2, 0) is 11.2 Å². The van der Waals surface area contributed by atoms with Gasteiger partial charge < -0.3 is 9.80 Å². The van der Waals surface area contributed by atoms with Gasteiger partial charge in [-0.2, -0.15) is 0 Å². The number of ketones is 1. The SMILES string of the molecule is CC(C)C(=O)N1CCN(C(=O)c2cccc(C3C(=O)c4c(ccc5c4ccc4ccccc45)CC3c3ccncc3)c2)CC1. The molecule has 0 radical (unpaired) electrons. The first-order valence-electron chi connectivity index (χ1n) is 15.5. The lowest BCUT2D eigenvalue weighted by Gasteiger charge is -2.36. The summed E-state index contributed by atoms with van der Waals surface area (Å²) in [5.41, 5.74) is 4.32. The van der Waals surface area contributed by atoms with Crippen LogP contribution in [0.2, 0.25) is 0 Å². The molecular weight excluding hydrogens is 546 g/mol. The van der Waals surface area contributed by atoms with Crippen LogP contribution in [0.4, 0.5) is 0 Å². The topological polar surface area (TPSA) is 70.6 Å². The number of Topliss-reactive ketones (excluding diaryl/α,β-unsaturated/α-hetero) is 1. The van der Waals surface area contributed by atoms with Gasteiger partial charge in [0, 0.05) is 61.5 Å². The predicted molar refractivity (Wildman–Crippen MR) is 173 cm³/mol. The Kier molecular flexibility index (Phi) is 7.21. The summed E-state index contributed by atoms with van der Waals surface area (Å²) in [4.78, 5) is 48.8. The van der Waals surface area contributed by atoms with E-state index in [9.17, 15) is 14.4 Å². The molecule has 6 nitrogen and oxygen atoms in total. The summed E-state index contributed by atoms with van der Waals surface area (Å²) in [6, 6.07) is 28.4. The molecule has 220 valence electrons. The number of hydrogen-bond acceptors (Lipinski definition) is 4. The molecule has 1 saturated heterocycles. The number of nitrogens with zero attached hydrogens (tertiary/aromatic N) is 3. The first-order valence-corrected chi connectivity index (χ1v) is 15.5. The molecule has 1 fully saturated rings. The maximum Gasteiger partial charge on any atom is 0.253 e. The second kappa shape index (κ2) is 11.3. The number of aromatic nitrogens is 1. The molecule has 7 rings (SSSR count). The molecule has 0 N–H and O–H groups in total. The molecule has 0 bridgehead atoms. The van der Waals surface area contributed by atoms with E-state index in [2.05, 4.69) is 41.4 Å². The van der Waals surface area contributed by atoms with Gasteiger partial charge in [-0.05, 0) is 68.9 Å². The fraction of sp³-hybridized carbons (Fsp3) is 0.263. The average Bonchev–Trinajstić information content (AvgIpc) is 3.07. The molecule has 1 aliphatic heterocycles. The van der Waals surface area contributed by atoms with Gasteiger partial charge in [0.05, 0.1) is 5.92 Å². The van der Waals surface area contributed by atoms with E-state index in [1.54, 1.807) is 12.4 Å². The number of benzene rings is 4. The molecule has 2 heterocycles. The lowest BCUT2D eigenvalue weighted by Crippen LogP contribution is -2.51. The number of rotatable bonds is 4. The van der Waals surface area contributed by atoms with Crippen molar-refractivity contribution in [2.75, 3.05) is 26.2 Å². The van der Waals surface area contributed by atoms with Crippen molar-refractivity contribution in [2.45, 2.75) is 32.1 Å². The molecule has 1 aliphatic carbocycles. The Labute approximate surface area is 257 Å². The molecule has 0 spiro atoms. The summed E-state index contributed by atoms with van der Waals surface area (Å²) in [5, 5.41) is 4.34. The van der Waals surface area contributed by atoms with Crippen molar-refractivity contribution >= 4 is 39.1 Å². The summed E-state index contributed by atoms with van der Waals surface area (Å²) < 4.78 is 0. The van der Waals surface area contributed by atoms with E-state index in [0.717, 1.165) is 43.8 Å². The number of hydrogen-bond donors (Lipinski definition) is 0. The summed E-state index contributed by atoms with van der Waals surface area (Å²) in [5.74, 6) is -0.458. The zero-order valence-electron chi connectivity index (χ0n) is 25.1. The van der Waals surface area contributed by atoms with Crippen molar-refractivity contribution in [2.24, 2.45) is 5.92 Å². The van der Waals surface area contributed by atoms with Crippen LogP contribution in [0.5, 0.6) is 0 Å². The van der Waals surface area contributed by atoms with Crippen LogP contribution in [0.25, 0.3) is 21.5 Å². The molecule has 2 aliphatic rings. The van der Waals surface area contributed by atoms with Gasteiger partial charge in [0.25, 0.3) is 5.91 Å². The fourth-order valence-corrected chi connectivity index (χ4v) is 7.13. The quantitative estimate of drug-likeness (QED) is 0.223. The number of pyridine rings is 1. The summed E-state index contributed by atoms with van der Waals surface area (Å²) in [6.45, 7) is 5.87. The highest BCUT2D eigenvalue weighted by Gasteiger charge is 2.39. The smallest absolute Gasteiger partial charge is 0.253 e. The fourth-order valence-electron chi connectivity index (χ4n) is 7.13. The van der Waals surface area contributed by atoms with Crippen LogP contribution in [0, 0.1) is 5.92 Å². The van der Waals surface area contributed by atoms with Crippen LogP contribution >= 0.6 is 0 Å². The molecule has 2 amide bonds. The van der Waals surface area contributed by atoms with Crippen LogP contribution < -0.4 is 0 Å². The van der Waals surface area contributed by atoms with Gasteiger partial charge in [0.1, 0.15) is 0 Å². The Morgan fingerprint density at radius 3 is 2.25 bits per heavy atom. The molecular formula is C38H35N3O3. The predicted octanol–water partition coefficient (Wildman–Crippen LogP) is 6.63. The lowest BCUT2D eigenvalue weighted by atomic mass is 9.68. The van der Waals surface area contributed by atoms with Crippen LogP contribution in [0.15, 0.2) is 97.3 Å². The minimum absolute atomic E-state index is 0.0590. The van der Waals surface area contributed by atoms with Crippen molar-refractivity contribution in [1.82, 2.24) is 14.8 Å². The third-order valence-electron chi connectivity index (χ3n) is 9.38. The number of fused-ring (bicyclic) bond motifs is 5. The first-order chi connectivity index (χ1) is 21.4. The van der Waals surface area contributed by atoms with Crippen molar-refractivity contribution in [1.29, 1.82) is 0 Å². The van der Waals surface area contributed by atoms with E-state index in [1.807, 2.05) is 72.2 Å². The van der Waals surface area contributed by atoms with E-state index in [-0.39, 0.29) is 29.4 Å². The van der Waals surface area contributed by atoms with Crippen molar-refractivity contribution in [3.8, 4) is 0 Å². The van der Waals surface area contributed by atoms with Gasteiger partial charge in [-0.25, -0.2) is 0 Å². The van der Waals surface area contributed by atoms with Crippen LogP contribution in [0.1, 0.15) is 63.1 Å². The molecule has 2 atom stereocenters. The second-order valence-corrected chi connectivity index (χ2v) is 12.3. The Bertz CT molecular complexity index is 1910. The molecule has 2 unspecified atom stereocenters. The van der Waals surface area contributed by atoms with Gasteiger partial charge in [-0.1, -0.05) is 74.5 Å². The molecule has 5 aromatic rings. The van der Waals surface area contributed by atoms with E-state index in [4.69, 9.17) is 0 Å². The number of piperazine rings is 1. The van der Waals surface area contributed by atoms with E-state index in [1.165, 1.54) is 0 Å². The second-order valence-electron chi connectivity index (χ2n) is 12.3. The largest absolute Gasteiger partial charge is 0.339 e. The van der Waals surface area contributed by atoms with Gasteiger partial charge in [0.2, 0.25) is 5.91 Å². The zero-order chi connectivity index (χ0) is 30.4. The van der Waals surface area contributed by atoms with Crippen molar-refractivity contribution in [3.63, 3.8) is 0 Å². The Morgan fingerprint density at radius 2 is 1.48 bits per heavy atom. The van der Waals surface area contributed by atoms with E-state index >= 15 is 0 Å². The zero-order valence-corrected chi connectivity index (χ0v) is 25.1. The van der Waals surface area contributed by atoms with Gasteiger partial charge in [0.15, 0.2) is 5.78 Å². The average molecular weight is 582 g/mol. The minimum atomic E-state index is -0.449. The number of amides is 2. The van der Waals surface area contributed by atoms with Crippen LogP contribution in [-0.4, -0.2) is 58.6 Å². The lowest BCUT2D eigenvalue weighted by molar-refractivity contribution is -0.135. The number of carbonyl (C=O) groups excluding carboxylic acids is 3. The maximum absolute atomic E-state index is 14.7.